The molecule has 3 aromatic rings. The van der Waals surface area contributed by atoms with Crippen molar-refractivity contribution in [2.75, 3.05) is 5.32 Å². The lowest BCUT2D eigenvalue weighted by Crippen LogP contribution is -2.40. The highest BCUT2D eigenvalue weighted by Crippen LogP contribution is 2.27. The molecule has 0 aliphatic carbocycles. The molecule has 1 aliphatic heterocycles. The van der Waals surface area contributed by atoms with Crippen LogP contribution in [0.15, 0.2) is 53.1 Å². The fraction of sp³-hybridized carbons (Fsp3) is 0.217. The maximum Gasteiger partial charge on any atom is 0.322 e. The van der Waals surface area contributed by atoms with Crippen LogP contribution in [-0.4, -0.2) is 23.0 Å². The number of nitrogens with zero attached hydrogens (tertiary/aromatic N) is 1. The average Bonchev–Trinajstić information content (AvgIpc) is 3.23. The zero-order chi connectivity index (χ0) is 22.9. The molecule has 1 aliphatic rings. The van der Waals surface area contributed by atoms with Gasteiger partial charge in [0, 0.05) is 5.69 Å². The van der Waals surface area contributed by atoms with Crippen molar-refractivity contribution in [3.8, 4) is 5.75 Å². The Morgan fingerprint density at radius 1 is 1.16 bits per heavy atom. The Morgan fingerprint density at radius 3 is 2.62 bits per heavy atom. The van der Waals surface area contributed by atoms with Gasteiger partial charge < -0.3 is 19.9 Å². The predicted octanol–water partition coefficient (Wildman–Crippen LogP) is 3.18. The van der Waals surface area contributed by atoms with Gasteiger partial charge in [-0.3, -0.25) is 14.9 Å². The zero-order valence-electron chi connectivity index (χ0n) is 17.8. The molecule has 4 amide bonds. The van der Waals surface area contributed by atoms with Gasteiger partial charge in [0.2, 0.25) is 0 Å². The lowest BCUT2D eigenvalue weighted by molar-refractivity contribution is -0.123. The van der Waals surface area contributed by atoms with Crippen molar-refractivity contribution in [3.05, 3.63) is 76.7 Å². The number of para-hydroxylation sites is 1. The first-order chi connectivity index (χ1) is 15.3. The van der Waals surface area contributed by atoms with Gasteiger partial charge in [0.05, 0.1) is 16.8 Å². The van der Waals surface area contributed by atoms with Crippen molar-refractivity contribution in [1.82, 2.24) is 15.8 Å². The predicted molar refractivity (Wildman–Crippen MR) is 115 cm³/mol. The minimum Gasteiger partial charge on any atom is -0.488 e. The zero-order valence-corrected chi connectivity index (χ0v) is 17.8. The molecule has 9 nitrogen and oxygen atoms in total. The number of anilines is 1. The molecule has 1 saturated heterocycles. The van der Waals surface area contributed by atoms with E-state index in [-0.39, 0.29) is 12.5 Å². The van der Waals surface area contributed by atoms with Crippen LogP contribution in [0.4, 0.5) is 10.5 Å². The first-order valence-electron chi connectivity index (χ1n) is 9.97. The minimum atomic E-state index is -1.22. The molecular formula is C23H22N4O5. The fourth-order valence-electron chi connectivity index (χ4n) is 3.49. The number of carbonyl (C=O) groups excluding carboxylic acids is 3. The summed E-state index contributed by atoms with van der Waals surface area (Å²) in [7, 11) is 0. The van der Waals surface area contributed by atoms with Gasteiger partial charge in [0.1, 0.15) is 23.7 Å². The fourth-order valence-corrected chi connectivity index (χ4v) is 3.49. The Bertz CT molecular complexity index is 1200. The summed E-state index contributed by atoms with van der Waals surface area (Å²) in [5.41, 5.74) is 1.72. The summed E-state index contributed by atoms with van der Waals surface area (Å²) in [5.74, 6) is 0.249. The lowest BCUT2D eigenvalue weighted by atomic mass is 9.92. The van der Waals surface area contributed by atoms with E-state index in [1.54, 1.807) is 62.4 Å². The second-order valence-corrected chi connectivity index (χ2v) is 7.66. The van der Waals surface area contributed by atoms with Crippen molar-refractivity contribution < 1.29 is 23.6 Å². The first-order valence-corrected chi connectivity index (χ1v) is 9.97. The number of imide groups is 1. The molecule has 9 heteroatoms. The van der Waals surface area contributed by atoms with Gasteiger partial charge in [-0.25, -0.2) is 4.79 Å². The number of ether oxygens (including phenoxy) is 1. The molecule has 2 heterocycles. The van der Waals surface area contributed by atoms with E-state index in [9.17, 15) is 14.4 Å². The molecule has 0 radical (unpaired) electrons. The summed E-state index contributed by atoms with van der Waals surface area (Å²) >= 11 is 0. The van der Waals surface area contributed by atoms with Crippen LogP contribution >= 0.6 is 0 Å². The number of aryl methyl sites for hydroxylation is 2. The quantitative estimate of drug-likeness (QED) is 0.512. The van der Waals surface area contributed by atoms with E-state index in [0.29, 0.717) is 28.3 Å². The molecule has 3 N–H and O–H groups in total. The average molecular weight is 434 g/mol. The highest BCUT2D eigenvalue weighted by atomic mass is 16.5. The maximum absolute atomic E-state index is 13.0. The number of nitrogens with one attached hydrogen (secondary N) is 3. The van der Waals surface area contributed by atoms with E-state index in [4.69, 9.17) is 9.26 Å². The van der Waals surface area contributed by atoms with Gasteiger partial charge in [-0.1, -0.05) is 29.4 Å². The van der Waals surface area contributed by atoms with E-state index in [0.717, 1.165) is 11.3 Å². The maximum atomic E-state index is 13.0. The summed E-state index contributed by atoms with van der Waals surface area (Å²) in [4.78, 5) is 36.8. The third kappa shape index (κ3) is 3.92. The van der Waals surface area contributed by atoms with Crippen molar-refractivity contribution >= 4 is 23.5 Å². The standard InChI is InChI=1S/C23H22N4O5/c1-13-18(14(2)32-27-13)12-31-19-10-5-4-9-17(19)20(28)24-16-8-6-7-15(11-16)23(3)21(29)25-22(30)26-23/h4-11H,12H2,1-3H3,(H,24,28)(H2,25,26,29,30). The Morgan fingerprint density at radius 2 is 1.94 bits per heavy atom. The molecule has 2 aromatic carbocycles. The SMILES string of the molecule is Cc1noc(C)c1COc1ccccc1C(=O)Nc1cccc(C2(C)NC(=O)NC2=O)c1. The number of aromatic nitrogens is 1. The van der Waals surface area contributed by atoms with E-state index >= 15 is 0 Å². The van der Waals surface area contributed by atoms with Gasteiger partial charge in [-0.15, -0.1) is 0 Å². The smallest absolute Gasteiger partial charge is 0.322 e. The van der Waals surface area contributed by atoms with Crippen LogP contribution in [0.25, 0.3) is 0 Å². The molecular weight excluding hydrogens is 412 g/mol. The van der Waals surface area contributed by atoms with Crippen LogP contribution in [0.2, 0.25) is 0 Å². The van der Waals surface area contributed by atoms with Gasteiger partial charge in [-0.2, -0.15) is 0 Å². The number of amides is 4. The molecule has 0 saturated carbocycles. The number of rotatable bonds is 6. The lowest BCUT2D eigenvalue weighted by Gasteiger charge is -2.21. The Kier molecular flexibility index (Phi) is 5.40. The summed E-state index contributed by atoms with van der Waals surface area (Å²) < 4.78 is 11.0. The molecule has 0 spiro atoms. The van der Waals surface area contributed by atoms with Crippen LogP contribution in [-0.2, 0) is 16.9 Å². The highest BCUT2D eigenvalue weighted by molar-refractivity contribution is 6.08. The van der Waals surface area contributed by atoms with Crippen molar-refractivity contribution in [1.29, 1.82) is 0 Å². The number of hydrogen-bond acceptors (Lipinski definition) is 6. The van der Waals surface area contributed by atoms with Crippen molar-refractivity contribution in [3.63, 3.8) is 0 Å². The van der Waals surface area contributed by atoms with Crippen LogP contribution in [0.1, 0.15) is 39.9 Å². The Hall–Kier alpha value is -4.14. The molecule has 1 unspecified atom stereocenters. The number of benzene rings is 2. The highest BCUT2D eigenvalue weighted by Gasteiger charge is 2.43. The van der Waals surface area contributed by atoms with Crippen LogP contribution in [0, 0.1) is 13.8 Å². The first kappa shape index (κ1) is 21.1. The minimum absolute atomic E-state index is 0.216. The molecule has 32 heavy (non-hydrogen) atoms. The van der Waals surface area contributed by atoms with Crippen LogP contribution in [0.3, 0.4) is 0 Å². The van der Waals surface area contributed by atoms with Gasteiger partial charge in [0.15, 0.2) is 0 Å². The van der Waals surface area contributed by atoms with E-state index < -0.39 is 17.5 Å². The second-order valence-electron chi connectivity index (χ2n) is 7.66. The number of carbonyl (C=O) groups is 3. The Labute approximate surface area is 184 Å². The van der Waals surface area contributed by atoms with E-state index in [1.807, 2.05) is 6.92 Å². The van der Waals surface area contributed by atoms with E-state index in [2.05, 4.69) is 21.1 Å². The van der Waals surface area contributed by atoms with Gasteiger partial charge in [0.25, 0.3) is 11.8 Å². The molecule has 4 rings (SSSR count). The van der Waals surface area contributed by atoms with Crippen LogP contribution in [0.5, 0.6) is 5.75 Å². The topological polar surface area (TPSA) is 123 Å². The second kappa shape index (κ2) is 8.18. The molecule has 1 aromatic heterocycles. The van der Waals surface area contributed by atoms with E-state index in [1.165, 1.54) is 0 Å². The molecule has 0 bridgehead atoms. The monoisotopic (exact) mass is 434 g/mol. The summed E-state index contributed by atoms with van der Waals surface area (Å²) in [6, 6.07) is 13.1. The van der Waals surface area contributed by atoms with Crippen molar-refractivity contribution in [2.45, 2.75) is 32.9 Å². The number of hydrogen-bond donors (Lipinski definition) is 3. The molecule has 1 atom stereocenters. The third-order valence-corrected chi connectivity index (χ3v) is 5.43. The Balaban J connectivity index is 1.53. The van der Waals surface area contributed by atoms with Crippen LogP contribution < -0.4 is 20.7 Å². The molecule has 164 valence electrons. The largest absolute Gasteiger partial charge is 0.488 e. The summed E-state index contributed by atoms with van der Waals surface area (Å²) in [5, 5.41) is 11.6. The van der Waals surface area contributed by atoms with Gasteiger partial charge in [-0.05, 0) is 50.6 Å². The normalized spacial score (nSPS) is 17.6. The number of urea groups is 1. The van der Waals surface area contributed by atoms with Gasteiger partial charge >= 0.3 is 6.03 Å². The third-order valence-electron chi connectivity index (χ3n) is 5.43. The summed E-state index contributed by atoms with van der Waals surface area (Å²) in [6.45, 7) is 5.45. The molecule has 1 fully saturated rings. The summed E-state index contributed by atoms with van der Waals surface area (Å²) in [6.07, 6.45) is 0. The van der Waals surface area contributed by atoms with Crippen molar-refractivity contribution in [2.24, 2.45) is 0 Å².